The number of nitrogens with zero attached hydrogens (tertiary/aromatic N) is 8. The molecule has 20 nitrogen and oxygen atoms in total. The van der Waals surface area contributed by atoms with Crippen LogP contribution in [0.3, 0.4) is 0 Å². The molecule has 1 aliphatic rings. The lowest BCUT2D eigenvalue weighted by molar-refractivity contribution is 0.0564. The van der Waals surface area contributed by atoms with Gasteiger partial charge in [-0.2, -0.15) is 0 Å². The summed E-state index contributed by atoms with van der Waals surface area (Å²) in [6.07, 6.45) is 20.8. The van der Waals surface area contributed by atoms with E-state index in [9.17, 15) is 14.4 Å². The number of likely N-dealkylation sites (N-methyl/N-ethyl adjacent to an activating group) is 1. The molecule has 0 unspecified atom stereocenters. The van der Waals surface area contributed by atoms with Gasteiger partial charge in [-0.25, -0.2) is 44.3 Å². The minimum atomic E-state index is -0.281. The predicted octanol–water partition coefficient (Wildman–Crippen LogP) is 11.4. The number of carbonyl (C=O) groups is 3. The van der Waals surface area contributed by atoms with Gasteiger partial charge in [-0.15, -0.1) is 19.3 Å². The number of fused-ring (bicyclic) bond motifs is 3. The normalized spacial score (nSPS) is 11.4. The molecule has 0 bridgehead atoms. The van der Waals surface area contributed by atoms with Gasteiger partial charge in [0.05, 0.1) is 36.4 Å². The van der Waals surface area contributed by atoms with Crippen LogP contribution < -0.4 is 37.2 Å². The van der Waals surface area contributed by atoms with Crippen LogP contribution in [0.25, 0.3) is 32.7 Å². The van der Waals surface area contributed by atoms with Gasteiger partial charge in [0.15, 0.2) is 0 Å². The molecule has 86 heavy (non-hydrogen) atoms. The Morgan fingerprint density at radius 1 is 0.535 bits per heavy atom. The maximum atomic E-state index is 12.4. The molecule has 0 aliphatic carbocycles. The minimum absolute atomic E-state index is 0.138. The van der Waals surface area contributed by atoms with Gasteiger partial charge in [-0.1, -0.05) is 66.3 Å². The number of hydrogen-bond donors (Lipinski definition) is 7. The SMILES string of the molecule is C#Cc1cccc(Nc2ncnc3cc(NC(=O)N(C)CCOC)ccc23)c1.C#Cc1cccc(Nc2ncnc3cc(NC(=O)N4CCOCC4)ccc23)c1.C#Cc1cccc(Nc2ncnc3cc(NC(=O)NCc4ccccc4)ccc23)c1. The number of urea groups is 3. The monoisotopic (exact) mass is 1140 g/mol. The lowest BCUT2D eigenvalue weighted by Crippen LogP contribution is -2.43. The molecule has 0 radical (unpaired) electrons. The Morgan fingerprint density at radius 3 is 1.42 bits per heavy atom. The molecule has 7 aromatic carbocycles. The molecular formula is C66H59N15O5. The van der Waals surface area contributed by atoms with Crippen molar-refractivity contribution >= 4 is 102 Å². The summed E-state index contributed by atoms with van der Waals surface area (Å²) in [5.41, 5.74) is 10.0. The molecule has 10 aromatic rings. The van der Waals surface area contributed by atoms with Gasteiger partial charge in [-0.3, -0.25) is 0 Å². The van der Waals surface area contributed by atoms with E-state index in [1.807, 2.05) is 158 Å². The standard InChI is InChI=1S/C24H19N5O.C21H19N5O2.C21H21N5O2/c1-2-17-9-6-10-19(13-17)28-23-21-12-11-20(14-22(21)26-16-27-23)29-24(30)25-15-18-7-4-3-5-8-18;1-2-15-4-3-5-16(12-15)24-20-18-7-6-17(13-19(18)22-14-23-20)25-21(27)26-8-10-28-11-9-26;1-4-15-6-5-7-16(12-15)24-20-18-9-8-17(13-19(18)22-14-23-20)25-21(27)26(2)10-11-28-3/h1,3-14,16H,15H2,(H2,25,29,30)(H,26,27,28);1,3-7,12-14H,8-11H2,(H,25,27)(H,22,23,24);1,5-9,12-14H,10-11H2,2-3H3,(H,25,27)(H,22,23,24). The summed E-state index contributed by atoms with van der Waals surface area (Å²) in [5.74, 6) is 9.84. The summed E-state index contributed by atoms with van der Waals surface area (Å²) in [7, 11) is 3.31. The summed E-state index contributed by atoms with van der Waals surface area (Å²) < 4.78 is 10.3. The van der Waals surface area contributed by atoms with Gasteiger partial charge in [0, 0.05) is 107 Å². The fraction of sp³-hybridized carbons (Fsp3) is 0.136. The number of benzene rings is 7. The van der Waals surface area contributed by atoms with Crippen molar-refractivity contribution in [2.24, 2.45) is 0 Å². The molecule has 428 valence electrons. The van der Waals surface area contributed by atoms with Gasteiger partial charge in [0.1, 0.15) is 36.4 Å². The summed E-state index contributed by atoms with van der Waals surface area (Å²) in [4.78, 5) is 66.1. The Balaban J connectivity index is 0.000000154. The van der Waals surface area contributed by atoms with Gasteiger partial charge >= 0.3 is 18.1 Å². The smallest absolute Gasteiger partial charge is 0.322 e. The highest BCUT2D eigenvalue weighted by Gasteiger charge is 2.18. The predicted molar refractivity (Wildman–Crippen MR) is 339 cm³/mol. The van der Waals surface area contributed by atoms with Crippen molar-refractivity contribution in [2.75, 3.05) is 85.5 Å². The van der Waals surface area contributed by atoms with Crippen LogP contribution >= 0.6 is 0 Å². The highest BCUT2D eigenvalue weighted by Crippen LogP contribution is 2.29. The van der Waals surface area contributed by atoms with E-state index in [4.69, 9.17) is 28.7 Å². The van der Waals surface area contributed by atoms with E-state index in [1.165, 1.54) is 19.0 Å². The van der Waals surface area contributed by atoms with E-state index < -0.39 is 0 Å². The van der Waals surface area contributed by atoms with Crippen LogP contribution in [0.4, 0.5) is 66.0 Å². The molecule has 1 saturated heterocycles. The average molecular weight is 1140 g/mol. The number of terminal acetylenes is 3. The van der Waals surface area contributed by atoms with E-state index in [1.54, 1.807) is 24.0 Å². The number of morpholine rings is 1. The topological polar surface area (TPSA) is 238 Å². The van der Waals surface area contributed by atoms with E-state index in [0.717, 1.165) is 61.0 Å². The van der Waals surface area contributed by atoms with Crippen molar-refractivity contribution in [3.05, 3.63) is 199 Å². The van der Waals surface area contributed by atoms with E-state index in [2.05, 4.69) is 84.9 Å². The summed E-state index contributed by atoms with van der Waals surface area (Å²) >= 11 is 0. The van der Waals surface area contributed by atoms with E-state index >= 15 is 0 Å². The van der Waals surface area contributed by atoms with Crippen LogP contribution in [0.5, 0.6) is 0 Å². The number of amides is 6. The maximum absolute atomic E-state index is 12.4. The minimum Gasteiger partial charge on any atom is -0.383 e. The summed E-state index contributed by atoms with van der Waals surface area (Å²) in [6, 6.07) is 48.3. The van der Waals surface area contributed by atoms with Crippen molar-refractivity contribution in [1.82, 2.24) is 45.0 Å². The van der Waals surface area contributed by atoms with Crippen molar-refractivity contribution in [3.63, 3.8) is 0 Å². The van der Waals surface area contributed by atoms with Gasteiger partial charge in [0.2, 0.25) is 0 Å². The number of aromatic nitrogens is 6. The Morgan fingerprint density at radius 2 is 0.977 bits per heavy atom. The number of anilines is 9. The molecule has 7 N–H and O–H groups in total. The zero-order valence-corrected chi connectivity index (χ0v) is 47.0. The molecule has 11 rings (SSSR count). The second-order valence-corrected chi connectivity index (χ2v) is 19.1. The number of methoxy groups -OCH3 is 1. The molecule has 3 aromatic heterocycles. The molecule has 0 saturated carbocycles. The van der Waals surface area contributed by atoms with Gasteiger partial charge < -0.3 is 56.5 Å². The highest BCUT2D eigenvalue weighted by atomic mass is 16.5. The van der Waals surface area contributed by atoms with Crippen LogP contribution in [-0.2, 0) is 16.0 Å². The van der Waals surface area contributed by atoms with Crippen molar-refractivity contribution in [1.29, 1.82) is 0 Å². The van der Waals surface area contributed by atoms with Crippen LogP contribution in [-0.4, -0.2) is 111 Å². The fourth-order valence-corrected chi connectivity index (χ4v) is 8.64. The quantitative estimate of drug-likeness (QED) is 0.0502. The Hall–Kier alpha value is -11.6. The average Bonchev–Trinajstić information content (AvgIpc) is 2.11. The maximum Gasteiger partial charge on any atom is 0.322 e. The van der Waals surface area contributed by atoms with Crippen molar-refractivity contribution in [3.8, 4) is 37.0 Å². The Kier molecular flexibility index (Phi) is 20.2. The lowest BCUT2D eigenvalue weighted by Gasteiger charge is -2.26. The Bertz CT molecular complexity index is 4160. The molecule has 6 amide bonds. The molecule has 4 heterocycles. The number of hydrogen-bond acceptors (Lipinski definition) is 14. The van der Waals surface area contributed by atoms with Crippen LogP contribution in [0, 0.1) is 37.0 Å². The Labute approximate surface area is 497 Å². The molecule has 1 fully saturated rings. The fourth-order valence-electron chi connectivity index (χ4n) is 8.64. The van der Waals surface area contributed by atoms with E-state index in [0.29, 0.717) is 91.5 Å². The molecule has 0 spiro atoms. The molecule has 20 heteroatoms. The zero-order valence-electron chi connectivity index (χ0n) is 47.0. The third-order valence-corrected chi connectivity index (χ3v) is 13.1. The van der Waals surface area contributed by atoms with Gasteiger partial charge in [-0.05, 0) is 115 Å². The van der Waals surface area contributed by atoms with E-state index in [-0.39, 0.29) is 18.1 Å². The third kappa shape index (κ3) is 16.3. The first-order valence-corrected chi connectivity index (χ1v) is 27.0. The number of nitrogens with one attached hydrogen (secondary N) is 7. The van der Waals surface area contributed by atoms with Crippen molar-refractivity contribution < 1.29 is 23.9 Å². The lowest BCUT2D eigenvalue weighted by atomic mass is 10.2. The molecule has 1 aliphatic heterocycles. The van der Waals surface area contributed by atoms with Crippen LogP contribution in [0.15, 0.2) is 177 Å². The first kappa shape index (κ1) is 59.0. The van der Waals surface area contributed by atoms with Crippen molar-refractivity contribution in [2.45, 2.75) is 6.54 Å². The first-order chi connectivity index (χ1) is 42.0. The van der Waals surface area contributed by atoms with Crippen LogP contribution in [0.2, 0.25) is 0 Å². The first-order valence-electron chi connectivity index (χ1n) is 27.0. The number of carbonyl (C=O) groups excluding carboxylic acids is 3. The van der Waals surface area contributed by atoms with Crippen LogP contribution in [0.1, 0.15) is 22.3 Å². The number of rotatable bonds is 14. The number of ether oxygens (including phenoxy) is 2. The van der Waals surface area contributed by atoms with Gasteiger partial charge in [0.25, 0.3) is 0 Å². The molecular weight excluding hydrogens is 1080 g/mol. The highest BCUT2D eigenvalue weighted by molar-refractivity contribution is 5.99. The summed E-state index contributed by atoms with van der Waals surface area (Å²) in [6.45, 7) is 3.74. The third-order valence-electron chi connectivity index (χ3n) is 13.1. The largest absolute Gasteiger partial charge is 0.383 e. The second kappa shape index (κ2) is 29.4. The second-order valence-electron chi connectivity index (χ2n) is 19.1. The zero-order chi connectivity index (χ0) is 60.0. The molecule has 0 atom stereocenters. The summed E-state index contributed by atoms with van der Waals surface area (Å²) in [5, 5.41) is 23.8.